The molecule has 1 unspecified atom stereocenters. The van der Waals surface area contributed by atoms with Crippen molar-refractivity contribution in [2.24, 2.45) is 11.8 Å². The molecule has 2 aromatic rings. The average Bonchev–Trinajstić information content (AvgIpc) is 3.45. The van der Waals surface area contributed by atoms with Crippen molar-refractivity contribution in [3.8, 4) is 0 Å². The van der Waals surface area contributed by atoms with Crippen LogP contribution in [0.4, 0.5) is 5.13 Å². The standard InChI is InChI=1S/C19H24N6OS/c26-18(21-19-20-6-8-27-19)16-11-24-7-5-14(16)9-15(24)10-25-12-17(22-23-25)13-3-1-2-4-13/h3,6,8,12,14-16H,1-2,4-5,7,9-11H2,(H,20,21,26)/p+1/t14-,15+,16-/m0/s1. The molecule has 0 spiro atoms. The molecule has 3 saturated heterocycles. The Kier molecular flexibility index (Phi) is 4.53. The van der Waals surface area contributed by atoms with Crippen molar-refractivity contribution in [3.05, 3.63) is 29.5 Å². The van der Waals surface area contributed by atoms with Gasteiger partial charge in [-0.05, 0) is 30.8 Å². The minimum absolute atomic E-state index is 0.101. The first-order valence-corrected chi connectivity index (χ1v) is 10.8. The van der Waals surface area contributed by atoms with E-state index in [1.807, 2.05) is 10.1 Å². The van der Waals surface area contributed by atoms with Crippen LogP contribution in [0.1, 0.15) is 37.8 Å². The number of piperidine rings is 3. The van der Waals surface area contributed by atoms with Gasteiger partial charge in [-0.2, -0.15) is 0 Å². The van der Waals surface area contributed by atoms with Crippen LogP contribution in [0.5, 0.6) is 0 Å². The summed E-state index contributed by atoms with van der Waals surface area (Å²) < 4.78 is 2.01. The SMILES string of the molecule is O=C(Nc1nccs1)[C@H]1C[NH+]2CC[C@H]1C[C@@H]2Cn1cc(C2=CCCC2)nn1. The van der Waals surface area contributed by atoms with Gasteiger partial charge < -0.3 is 10.2 Å². The summed E-state index contributed by atoms with van der Waals surface area (Å²) in [5.74, 6) is 0.707. The minimum atomic E-state index is 0.101. The van der Waals surface area contributed by atoms with E-state index in [2.05, 4.69) is 32.9 Å². The van der Waals surface area contributed by atoms with Crippen LogP contribution < -0.4 is 10.2 Å². The maximum absolute atomic E-state index is 12.7. The number of hydrogen-bond acceptors (Lipinski definition) is 5. The molecule has 27 heavy (non-hydrogen) atoms. The number of rotatable bonds is 5. The molecule has 3 aliphatic heterocycles. The van der Waals surface area contributed by atoms with Gasteiger partial charge in [0, 0.05) is 24.4 Å². The molecule has 142 valence electrons. The first kappa shape index (κ1) is 17.1. The Morgan fingerprint density at radius 3 is 3.15 bits per heavy atom. The topological polar surface area (TPSA) is 77.1 Å². The molecule has 1 amide bonds. The lowest BCUT2D eigenvalue weighted by atomic mass is 9.75. The Morgan fingerprint density at radius 2 is 2.41 bits per heavy atom. The predicted octanol–water partition coefficient (Wildman–Crippen LogP) is 1.23. The second-order valence-electron chi connectivity index (χ2n) is 7.97. The molecule has 4 atom stereocenters. The van der Waals surface area contributed by atoms with E-state index in [0.717, 1.165) is 51.0 Å². The number of carbonyl (C=O) groups is 1. The fourth-order valence-electron chi connectivity index (χ4n) is 4.97. The van der Waals surface area contributed by atoms with E-state index in [-0.39, 0.29) is 11.8 Å². The van der Waals surface area contributed by atoms with Gasteiger partial charge in [-0.3, -0.25) is 4.79 Å². The Balaban J connectivity index is 1.22. The number of carbonyl (C=O) groups excluding carboxylic acids is 1. The Bertz CT molecular complexity index is 844. The van der Waals surface area contributed by atoms with Gasteiger partial charge in [-0.1, -0.05) is 11.3 Å². The van der Waals surface area contributed by atoms with Gasteiger partial charge >= 0.3 is 0 Å². The molecule has 7 nitrogen and oxygen atoms in total. The molecule has 6 rings (SSSR count). The number of fused-ring (bicyclic) bond motifs is 3. The molecule has 5 heterocycles. The van der Waals surface area contributed by atoms with Crippen molar-refractivity contribution in [2.45, 2.75) is 44.7 Å². The molecule has 8 heteroatoms. The second kappa shape index (κ2) is 7.16. The molecule has 3 fully saturated rings. The highest BCUT2D eigenvalue weighted by Crippen LogP contribution is 2.29. The molecule has 0 aromatic carbocycles. The quantitative estimate of drug-likeness (QED) is 0.812. The van der Waals surface area contributed by atoms with Crippen LogP contribution in [0.2, 0.25) is 0 Å². The number of nitrogens with one attached hydrogen (secondary N) is 2. The summed E-state index contributed by atoms with van der Waals surface area (Å²) in [4.78, 5) is 18.4. The minimum Gasteiger partial charge on any atom is -0.330 e. The monoisotopic (exact) mass is 385 g/mol. The number of thiazole rings is 1. The highest BCUT2D eigenvalue weighted by atomic mass is 32.1. The van der Waals surface area contributed by atoms with E-state index >= 15 is 0 Å². The van der Waals surface area contributed by atoms with Crippen molar-refractivity contribution in [1.82, 2.24) is 20.0 Å². The third-order valence-corrected chi connectivity index (χ3v) is 7.06. The first-order chi connectivity index (χ1) is 13.3. The van der Waals surface area contributed by atoms with E-state index in [1.165, 1.54) is 28.2 Å². The smallest absolute Gasteiger partial charge is 0.235 e. The van der Waals surface area contributed by atoms with Gasteiger partial charge in [0.1, 0.15) is 11.7 Å². The van der Waals surface area contributed by atoms with Crippen molar-refractivity contribution in [2.75, 3.05) is 18.4 Å². The molecule has 0 saturated carbocycles. The molecule has 2 bridgehead atoms. The van der Waals surface area contributed by atoms with Crippen molar-refractivity contribution >= 4 is 27.9 Å². The van der Waals surface area contributed by atoms with Gasteiger partial charge in [-0.25, -0.2) is 9.67 Å². The average molecular weight is 386 g/mol. The first-order valence-electron chi connectivity index (χ1n) is 9.91. The predicted molar refractivity (Wildman–Crippen MR) is 103 cm³/mol. The molecule has 0 radical (unpaired) electrons. The maximum atomic E-state index is 12.7. The highest BCUT2D eigenvalue weighted by molar-refractivity contribution is 7.13. The van der Waals surface area contributed by atoms with Crippen LogP contribution in [-0.4, -0.2) is 45.0 Å². The van der Waals surface area contributed by atoms with Crippen LogP contribution >= 0.6 is 11.3 Å². The molecular formula is C19H25N6OS+. The zero-order valence-electron chi connectivity index (χ0n) is 15.3. The van der Waals surface area contributed by atoms with E-state index in [9.17, 15) is 4.79 Å². The normalized spacial score (nSPS) is 29.7. The zero-order chi connectivity index (χ0) is 18.2. The summed E-state index contributed by atoms with van der Waals surface area (Å²) in [6.07, 6.45) is 11.9. The molecule has 2 N–H and O–H groups in total. The van der Waals surface area contributed by atoms with Crippen LogP contribution in [0.25, 0.3) is 5.57 Å². The summed E-state index contributed by atoms with van der Waals surface area (Å²) in [6, 6.07) is 0.528. The third kappa shape index (κ3) is 3.43. The van der Waals surface area contributed by atoms with Gasteiger partial charge in [0.15, 0.2) is 5.13 Å². The summed E-state index contributed by atoms with van der Waals surface area (Å²) in [5, 5.41) is 14.3. The van der Waals surface area contributed by atoms with Gasteiger partial charge in [0.2, 0.25) is 5.91 Å². The van der Waals surface area contributed by atoms with E-state index in [4.69, 9.17) is 0 Å². The Morgan fingerprint density at radius 1 is 1.44 bits per heavy atom. The maximum Gasteiger partial charge on any atom is 0.235 e. The van der Waals surface area contributed by atoms with Gasteiger partial charge in [-0.15, -0.1) is 16.4 Å². The number of quaternary nitrogens is 1. The number of nitrogens with zero attached hydrogens (tertiary/aromatic N) is 4. The second-order valence-corrected chi connectivity index (χ2v) is 8.87. The fourth-order valence-corrected chi connectivity index (χ4v) is 5.50. The van der Waals surface area contributed by atoms with Crippen molar-refractivity contribution in [3.63, 3.8) is 0 Å². The van der Waals surface area contributed by atoms with E-state index < -0.39 is 0 Å². The highest BCUT2D eigenvalue weighted by Gasteiger charge is 2.46. The molecule has 2 aromatic heterocycles. The van der Waals surface area contributed by atoms with Crippen LogP contribution in [0.3, 0.4) is 0 Å². The number of allylic oxidation sites excluding steroid dienone is 2. The van der Waals surface area contributed by atoms with Gasteiger partial charge in [0.25, 0.3) is 0 Å². The van der Waals surface area contributed by atoms with Crippen LogP contribution in [0.15, 0.2) is 23.8 Å². The van der Waals surface area contributed by atoms with E-state index in [0.29, 0.717) is 17.1 Å². The molecular weight excluding hydrogens is 360 g/mol. The number of hydrogen-bond donors (Lipinski definition) is 2. The lowest BCUT2D eigenvalue weighted by Gasteiger charge is -2.46. The summed E-state index contributed by atoms with van der Waals surface area (Å²) >= 11 is 1.48. The molecule has 4 aliphatic rings. The lowest BCUT2D eigenvalue weighted by molar-refractivity contribution is -0.945. The third-order valence-electron chi connectivity index (χ3n) is 6.37. The Hall–Kier alpha value is -2.06. The summed E-state index contributed by atoms with van der Waals surface area (Å²) in [5.41, 5.74) is 2.39. The summed E-state index contributed by atoms with van der Waals surface area (Å²) in [6.45, 7) is 2.97. The van der Waals surface area contributed by atoms with Crippen LogP contribution in [0, 0.1) is 11.8 Å². The zero-order valence-corrected chi connectivity index (χ0v) is 16.1. The van der Waals surface area contributed by atoms with Crippen molar-refractivity contribution < 1.29 is 9.69 Å². The fraction of sp³-hybridized carbons (Fsp3) is 0.579. The van der Waals surface area contributed by atoms with Gasteiger partial charge in [0.05, 0.1) is 31.7 Å². The Labute approximate surface area is 162 Å². The van der Waals surface area contributed by atoms with Crippen LogP contribution in [-0.2, 0) is 11.3 Å². The summed E-state index contributed by atoms with van der Waals surface area (Å²) in [7, 11) is 0. The number of anilines is 1. The lowest BCUT2D eigenvalue weighted by Crippen LogP contribution is -3.20. The number of amides is 1. The van der Waals surface area contributed by atoms with E-state index in [1.54, 1.807) is 6.20 Å². The van der Waals surface area contributed by atoms with Crippen molar-refractivity contribution in [1.29, 1.82) is 0 Å². The molecule has 1 aliphatic carbocycles. The number of aromatic nitrogens is 4. The largest absolute Gasteiger partial charge is 0.330 e.